The number of nitrogens with one attached hydrogen (secondary N) is 2. The lowest BCUT2D eigenvalue weighted by molar-refractivity contribution is 0.482. The summed E-state index contributed by atoms with van der Waals surface area (Å²) in [6.45, 7) is 9.61. The number of unbranched alkanes of at least 4 members (excludes halogenated alkanes) is 3. The first-order valence-corrected chi connectivity index (χ1v) is 6.89. The van der Waals surface area contributed by atoms with Crippen LogP contribution < -0.4 is 5.32 Å². The van der Waals surface area contributed by atoms with Crippen LogP contribution in [0.4, 0.5) is 0 Å². The van der Waals surface area contributed by atoms with Crippen LogP contribution in [0.1, 0.15) is 62.9 Å². The zero-order valence-electron chi connectivity index (χ0n) is 11.8. The smallest absolute Gasteiger partial charge is 0.0638 e. The number of hydrogen-bond donors (Lipinski definition) is 2. The lowest BCUT2D eigenvalue weighted by Gasteiger charge is -2.13. The van der Waals surface area contributed by atoms with Crippen molar-refractivity contribution in [1.82, 2.24) is 15.5 Å². The number of aromatic nitrogens is 2. The van der Waals surface area contributed by atoms with Gasteiger partial charge < -0.3 is 5.32 Å². The van der Waals surface area contributed by atoms with Crippen LogP contribution in [-0.2, 0) is 6.54 Å². The maximum Gasteiger partial charge on any atom is 0.0638 e. The minimum Gasteiger partial charge on any atom is -0.310 e. The molecule has 3 heteroatoms. The highest BCUT2D eigenvalue weighted by Gasteiger charge is 2.07. The molecule has 0 spiro atoms. The van der Waals surface area contributed by atoms with Gasteiger partial charge in [-0.2, -0.15) is 5.10 Å². The molecule has 1 heterocycles. The van der Waals surface area contributed by atoms with E-state index >= 15 is 0 Å². The standard InChI is InChI=1S/C14H27N3/c1-5-6-7-8-9-11(2)15-10-14-12(3)16-17-13(14)4/h11,15H,5-10H2,1-4H3,(H,16,17). The SMILES string of the molecule is CCCCCCC(C)NCc1c(C)n[nH]c1C. The van der Waals surface area contributed by atoms with Crippen molar-refractivity contribution in [3.63, 3.8) is 0 Å². The van der Waals surface area contributed by atoms with E-state index in [1.54, 1.807) is 0 Å². The van der Waals surface area contributed by atoms with Gasteiger partial charge in [-0.1, -0.05) is 32.6 Å². The first-order chi connectivity index (χ1) is 8.15. The zero-order chi connectivity index (χ0) is 12.7. The van der Waals surface area contributed by atoms with Crippen molar-refractivity contribution in [1.29, 1.82) is 0 Å². The second-order valence-electron chi connectivity index (χ2n) is 5.04. The molecular weight excluding hydrogens is 210 g/mol. The molecular formula is C14H27N3. The molecule has 98 valence electrons. The number of rotatable bonds is 8. The summed E-state index contributed by atoms with van der Waals surface area (Å²) in [6, 6.07) is 0.598. The maximum atomic E-state index is 4.22. The number of aryl methyl sites for hydroxylation is 2. The fourth-order valence-electron chi connectivity index (χ4n) is 2.09. The average Bonchev–Trinajstić information content (AvgIpc) is 2.62. The van der Waals surface area contributed by atoms with E-state index in [0.29, 0.717) is 6.04 Å². The van der Waals surface area contributed by atoms with Crippen LogP contribution >= 0.6 is 0 Å². The van der Waals surface area contributed by atoms with Crippen molar-refractivity contribution in [3.8, 4) is 0 Å². The first kappa shape index (κ1) is 14.2. The highest BCUT2D eigenvalue weighted by atomic mass is 15.1. The van der Waals surface area contributed by atoms with Crippen molar-refractivity contribution in [2.24, 2.45) is 0 Å². The monoisotopic (exact) mass is 237 g/mol. The quantitative estimate of drug-likeness (QED) is 0.680. The van der Waals surface area contributed by atoms with Gasteiger partial charge in [-0.15, -0.1) is 0 Å². The van der Waals surface area contributed by atoms with E-state index in [9.17, 15) is 0 Å². The third-order valence-electron chi connectivity index (χ3n) is 3.40. The van der Waals surface area contributed by atoms with Gasteiger partial charge in [0.1, 0.15) is 0 Å². The second kappa shape index (κ2) is 7.49. The Balaban J connectivity index is 2.21. The van der Waals surface area contributed by atoms with E-state index in [-0.39, 0.29) is 0 Å². The number of H-pyrrole nitrogens is 1. The molecule has 2 N–H and O–H groups in total. The van der Waals surface area contributed by atoms with Crippen molar-refractivity contribution < 1.29 is 0 Å². The Bertz CT molecular complexity index is 298. The van der Waals surface area contributed by atoms with Crippen LogP contribution in [0.5, 0.6) is 0 Å². The zero-order valence-corrected chi connectivity index (χ0v) is 11.8. The molecule has 3 nitrogen and oxygen atoms in total. The summed E-state index contributed by atoms with van der Waals surface area (Å²) in [7, 11) is 0. The summed E-state index contributed by atoms with van der Waals surface area (Å²) in [6.07, 6.45) is 6.66. The van der Waals surface area contributed by atoms with Crippen LogP contribution in [-0.4, -0.2) is 16.2 Å². The first-order valence-electron chi connectivity index (χ1n) is 6.89. The minimum absolute atomic E-state index is 0.598. The summed E-state index contributed by atoms with van der Waals surface area (Å²) in [5.41, 5.74) is 3.63. The highest BCUT2D eigenvalue weighted by Crippen LogP contribution is 2.10. The predicted molar refractivity (Wildman–Crippen MR) is 73.1 cm³/mol. The van der Waals surface area contributed by atoms with E-state index in [4.69, 9.17) is 0 Å². The van der Waals surface area contributed by atoms with Gasteiger partial charge in [0, 0.05) is 23.8 Å². The van der Waals surface area contributed by atoms with E-state index in [2.05, 4.69) is 43.2 Å². The molecule has 0 aromatic carbocycles. The van der Waals surface area contributed by atoms with Gasteiger partial charge in [0.15, 0.2) is 0 Å². The number of aromatic amines is 1. The van der Waals surface area contributed by atoms with Crippen molar-refractivity contribution >= 4 is 0 Å². The molecule has 0 saturated heterocycles. The van der Waals surface area contributed by atoms with Crippen LogP contribution in [0, 0.1) is 13.8 Å². The molecule has 0 saturated carbocycles. The topological polar surface area (TPSA) is 40.7 Å². The van der Waals surface area contributed by atoms with Crippen molar-refractivity contribution in [2.75, 3.05) is 0 Å². The third-order valence-corrected chi connectivity index (χ3v) is 3.40. The largest absolute Gasteiger partial charge is 0.310 e. The van der Waals surface area contributed by atoms with Gasteiger partial charge in [0.05, 0.1) is 5.69 Å². The predicted octanol–water partition coefficient (Wildman–Crippen LogP) is 3.48. The van der Waals surface area contributed by atoms with Gasteiger partial charge in [0.25, 0.3) is 0 Å². The molecule has 1 aromatic rings. The molecule has 0 radical (unpaired) electrons. The van der Waals surface area contributed by atoms with Gasteiger partial charge in [0.2, 0.25) is 0 Å². The van der Waals surface area contributed by atoms with E-state index < -0.39 is 0 Å². The Kier molecular flexibility index (Phi) is 6.27. The van der Waals surface area contributed by atoms with Crippen LogP contribution in [0.15, 0.2) is 0 Å². The second-order valence-corrected chi connectivity index (χ2v) is 5.04. The highest BCUT2D eigenvalue weighted by molar-refractivity contribution is 5.22. The van der Waals surface area contributed by atoms with E-state index in [1.807, 2.05) is 0 Å². The lowest BCUT2D eigenvalue weighted by atomic mass is 10.1. The molecule has 0 aliphatic rings. The van der Waals surface area contributed by atoms with E-state index in [0.717, 1.165) is 12.2 Å². The Labute approximate surface area is 105 Å². The average molecular weight is 237 g/mol. The summed E-state index contributed by atoms with van der Waals surface area (Å²) in [5, 5.41) is 10.8. The molecule has 0 amide bonds. The molecule has 1 aromatic heterocycles. The Morgan fingerprint density at radius 3 is 2.59 bits per heavy atom. The van der Waals surface area contributed by atoms with Gasteiger partial charge in [-0.3, -0.25) is 5.10 Å². The lowest BCUT2D eigenvalue weighted by Crippen LogP contribution is -2.25. The van der Waals surface area contributed by atoms with Crippen LogP contribution in [0.3, 0.4) is 0 Å². The van der Waals surface area contributed by atoms with Crippen LogP contribution in [0.25, 0.3) is 0 Å². The molecule has 0 aliphatic carbocycles. The molecule has 17 heavy (non-hydrogen) atoms. The van der Waals surface area contributed by atoms with Crippen LogP contribution in [0.2, 0.25) is 0 Å². The Morgan fingerprint density at radius 1 is 1.24 bits per heavy atom. The molecule has 0 fully saturated rings. The maximum absolute atomic E-state index is 4.22. The molecule has 0 bridgehead atoms. The Morgan fingerprint density at radius 2 is 2.00 bits per heavy atom. The van der Waals surface area contributed by atoms with Crippen molar-refractivity contribution in [3.05, 3.63) is 17.0 Å². The molecule has 1 unspecified atom stereocenters. The summed E-state index contributed by atoms with van der Waals surface area (Å²) < 4.78 is 0. The molecule has 1 rings (SSSR count). The minimum atomic E-state index is 0.598. The van der Waals surface area contributed by atoms with Crippen molar-refractivity contribution in [2.45, 2.75) is 72.4 Å². The number of hydrogen-bond acceptors (Lipinski definition) is 2. The summed E-state index contributed by atoms with van der Waals surface area (Å²) in [5.74, 6) is 0. The number of nitrogens with zero attached hydrogens (tertiary/aromatic N) is 1. The fraction of sp³-hybridized carbons (Fsp3) is 0.786. The van der Waals surface area contributed by atoms with Gasteiger partial charge in [-0.25, -0.2) is 0 Å². The molecule has 0 aliphatic heterocycles. The van der Waals surface area contributed by atoms with Gasteiger partial charge >= 0.3 is 0 Å². The summed E-state index contributed by atoms with van der Waals surface area (Å²) >= 11 is 0. The Hall–Kier alpha value is -0.830. The third kappa shape index (κ3) is 4.90. The van der Waals surface area contributed by atoms with Gasteiger partial charge in [-0.05, 0) is 27.2 Å². The summed E-state index contributed by atoms with van der Waals surface area (Å²) in [4.78, 5) is 0. The van der Waals surface area contributed by atoms with E-state index in [1.165, 1.54) is 43.4 Å². The normalized spacial score (nSPS) is 12.9. The molecule has 1 atom stereocenters. The fourth-order valence-corrected chi connectivity index (χ4v) is 2.09.